The van der Waals surface area contributed by atoms with Gasteiger partial charge in [0, 0.05) is 0 Å². The number of hydrogen-bond acceptors (Lipinski definition) is 5. The van der Waals surface area contributed by atoms with Gasteiger partial charge >= 0.3 is 0 Å². The summed E-state index contributed by atoms with van der Waals surface area (Å²) in [5.74, 6) is -0.613. The Kier molecular flexibility index (Phi) is 29.4. The van der Waals surface area contributed by atoms with Gasteiger partial charge in [-0.05, 0) is 64.2 Å². The highest BCUT2D eigenvalue weighted by molar-refractivity contribution is 5.80. The van der Waals surface area contributed by atoms with E-state index in [-0.39, 0.29) is 0 Å². The van der Waals surface area contributed by atoms with Crippen LogP contribution in [0.1, 0.15) is 162 Å². The Bertz CT molecular complexity index is 624. The Morgan fingerprint density at radius 3 is 1.46 bits per heavy atom. The molecule has 0 aliphatic heterocycles. The molecule has 0 aliphatic carbocycles. The third-order valence-corrected chi connectivity index (χ3v) is 7.88. The van der Waals surface area contributed by atoms with E-state index >= 15 is 0 Å². The van der Waals surface area contributed by atoms with Gasteiger partial charge in [-0.15, -0.1) is 0 Å². The lowest BCUT2D eigenvalue weighted by Gasteiger charge is -2.27. The van der Waals surface area contributed by atoms with Crippen molar-refractivity contribution in [1.29, 1.82) is 0 Å². The molecular weight excluding hydrogens is 514 g/mol. The van der Waals surface area contributed by atoms with Gasteiger partial charge < -0.3 is 25.7 Å². The first kappa shape index (κ1) is 39.8. The minimum atomic E-state index is -1.28. The Balaban J connectivity index is 3.95. The highest BCUT2D eigenvalue weighted by Gasteiger charge is 2.28. The Morgan fingerprint density at radius 2 is 1.00 bits per heavy atom. The molecule has 0 radical (unpaired) electrons. The average Bonchev–Trinajstić information content (AvgIpc) is 2.98. The van der Waals surface area contributed by atoms with Crippen molar-refractivity contribution in [1.82, 2.24) is 5.32 Å². The van der Waals surface area contributed by atoms with E-state index in [2.05, 4.69) is 43.5 Å². The molecule has 6 heteroatoms. The number of carbonyl (C=O) groups is 1. The van der Waals surface area contributed by atoms with E-state index in [1.165, 1.54) is 89.9 Å². The monoisotopic (exact) mass is 582 g/mol. The molecule has 0 fully saturated rings. The highest BCUT2D eigenvalue weighted by Crippen LogP contribution is 2.13. The van der Waals surface area contributed by atoms with Crippen LogP contribution in [0.3, 0.4) is 0 Å². The lowest BCUT2D eigenvalue weighted by molar-refractivity contribution is -0.132. The fourth-order valence-corrected chi connectivity index (χ4v) is 5.04. The zero-order chi connectivity index (χ0) is 30.4. The van der Waals surface area contributed by atoms with E-state index in [0.717, 1.165) is 38.5 Å². The summed E-state index contributed by atoms with van der Waals surface area (Å²) in [6, 6.07) is -1.01. The van der Waals surface area contributed by atoms with Crippen LogP contribution in [0.5, 0.6) is 0 Å². The molecule has 0 aromatic heterocycles. The highest BCUT2D eigenvalue weighted by atomic mass is 16.3. The third kappa shape index (κ3) is 25.0. The fraction of sp³-hybridized carbons (Fsp3) is 0.857. The first-order chi connectivity index (χ1) is 20.0. The molecule has 0 saturated heterocycles. The van der Waals surface area contributed by atoms with Gasteiger partial charge in [0.15, 0.2) is 0 Å². The van der Waals surface area contributed by atoms with E-state index in [4.69, 9.17) is 0 Å². The summed E-state index contributed by atoms with van der Waals surface area (Å²) in [5.41, 5.74) is 0. The van der Waals surface area contributed by atoms with Gasteiger partial charge in [-0.1, -0.05) is 122 Å². The number of amides is 1. The van der Waals surface area contributed by atoms with Crippen molar-refractivity contribution in [3.63, 3.8) is 0 Å². The maximum atomic E-state index is 12.4. The summed E-state index contributed by atoms with van der Waals surface area (Å²) in [6.45, 7) is 3.97. The average molecular weight is 582 g/mol. The second-order valence-corrected chi connectivity index (χ2v) is 11.8. The van der Waals surface area contributed by atoms with Crippen molar-refractivity contribution in [3.8, 4) is 0 Å². The third-order valence-electron chi connectivity index (χ3n) is 7.88. The summed E-state index contributed by atoms with van der Waals surface area (Å²) >= 11 is 0. The number of aliphatic hydroxyl groups excluding tert-OH is 4. The predicted octanol–water partition coefficient (Wildman–Crippen LogP) is 7.67. The number of hydrogen-bond donors (Lipinski definition) is 5. The van der Waals surface area contributed by atoms with Crippen molar-refractivity contribution in [3.05, 3.63) is 24.3 Å². The van der Waals surface area contributed by atoms with Crippen LogP contribution in [0.15, 0.2) is 24.3 Å². The minimum Gasteiger partial charge on any atom is -0.394 e. The molecule has 0 rings (SSSR count). The summed E-state index contributed by atoms with van der Waals surface area (Å²) in [5, 5.41) is 43.2. The molecule has 41 heavy (non-hydrogen) atoms. The molecule has 6 nitrogen and oxygen atoms in total. The predicted molar refractivity (Wildman–Crippen MR) is 173 cm³/mol. The standard InChI is InChI=1S/C35H67NO5/c1-3-5-7-9-11-13-15-17-19-20-22-24-26-28-32(38)34(40)31(30-37)36-35(41)33(39)29-27-25-23-21-18-16-14-12-10-8-6-4-2/h18,20-22,31-34,37-40H,3-17,19,23-30H2,1-2H3,(H,36,41)/b21-18-,22-20+. The van der Waals surface area contributed by atoms with Crippen molar-refractivity contribution in [2.75, 3.05) is 6.61 Å². The first-order valence-electron chi connectivity index (χ1n) is 17.2. The summed E-state index contributed by atoms with van der Waals surface area (Å²) < 4.78 is 0. The molecule has 4 unspecified atom stereocenters. The van der Waals surface area contributed by atoms with Crippen molar-refractivity contribution < 1.29 is 25.2 Å². The van der Waals surface area contributed by atoms with E-state index in [9.17, 15) is 25.2 Å². The normalized spacial score (nSPS) is 15.0. The zero-order valence-electron chi connectivity index (χ0n) is 26.8. The van der Waals surface area contributed by atoms with Gasteiger partial charge in [0.05, 0.1) is 18.8 Å². The number of allylic oxidation sites excluding steroid dienone is 4. The van der Waals surface area contributed by atoms with E-state index in [0.29, 0.717) is 19.3 Å². The van der Waals surface area contributed by atoms with Crippen molar-refractivity contribution in [2.24, 2.45) is 0 Å². The largest absolute Gasteiger partial charge is 0.394 e. The topological polar surface area (TPSA) is 110 Å². The lowest BCUT2D eigenvalue weighted by Crippen LogP contribution is -2.53. The smallest absolute Gasteiger partial charge is 0.249 e. The number of carbonyl (C=O) groups excluding carboxylic acids is 1. The van der Waals surface area contributed by atoms with Crippen LogP contribution in [-0.4, -0.2) is 57.3 Å². The molecule has 0 spiro atoms. The van der Waals surface area contributed by atoms with Crippen molar-refractivity contribution in [2.45, 2.75) is 186 Å². The van der Waals surface area contributed by atoms with Crippen LogP contribution in [0.2, 0.25) is 0 Å². The minimum absolute atomic E-state index is 0.333. The van der Waals surface area contributed by atoms with Gasteiger partial charge in [0.25, 0.3) is 0 Å². The van der Waals surface area contributed by atoms with Gasteiger partial charge in [-0.3, -0.25) is 4.79 Å². The van der Waals surface area contributed by atoms with Crippen LogP contribution in [0, 0.1) is 0 Å². The molecule has 0 aromatic carbocycles. The first-order valence-corrected chi connectivity index (χ1v) is 17.2. The van der Waals surface area contributed by atoms with Crippen LogP contribution >= 0.6 is 0 Å². The van der Waals surface area contributed by atoms with E-state index in [1.54, 1.807) is 0 Å². The molecule has 0 aliphatic rings. The Hall–Kier alpha value is -1.21. The number of nitrogens with one attached hydrogen (secondary N) is 1. The van der Waals surface area contributed by atoms with Crippen LogP contribution in [0.4, 0.5) is 0 Å². The van der Waals surface area contributed by atoms with Crippen molar-refractivity contribution >= 4 is 5.91 Å². The number of aliphatic hydroxyl groups is 4. The zero-order valence-corrected chi connectivity index (χ0v) is 26.8. The maximum absolute atomic E-state index is 12.4. The summed E-state index contributed by atoms with van der Waals surface area (Å²) in [7, 11) is 0. The second kappa shape index (κ2) is 30.3. The second-order valence-electron chi connectivity index (χ2n) is 11.8. The SMILES string of the molecule is CCCCCCCC/C=C\CCCCC(O)C(=O)NC(CO)C(O)C(O)CCC/C=C/CCCCCCCCCC. The molecule has 242 valence electrons. The van der Waals surface area contributed by atoms with Crippen LogP contribution < -0.4 is 5.32 Å². The number of rotatable bonds is 30. The van der Waals surface area contributed by atoms with Crippen LogP contribution in [-0.2, 0) is 4.79 Å². The quantitative estimate of drug-likeness (QED) is 0.0442. The van der Waals surface area contributed by atoms with Gasteiger partial charge in [0.2, 0.25) is 5.91 Å². The molecule has 0 aromatic rings. The Labute approximate surface area is 253 Å². The van der Waals surface area contributed by atoms with Gasteiger partial charge in [0.1, 0.15) is 12.2 Å². The summed E-state index contributed by atoms with van der Waals surface area (Å²) in [6.07, 6.45) is 30.6. The molecule has 4 atom stereocenters. The number of unbranched alkanes of at least 4 members (excludes halogenated alkanes) is 17. The van der Waals surface area contributed by atoms with Crippen LogP contribution in [0.25, 0.3) is 0 Å². The maximum Gasteiger partial charge on any atom is 0.249 e. The molecule has 0 bridgehead atoms. The van der Waals surface area contributed by atoms with Gasteiger partial charge in [-0.25, -0.2) is 0 Å². The lowest BCUT2D eigenvalue weighted by atomic mass is 10.00. The van der Waals surface area contributed by atoms with E-state index in [1.807, 2.05) is 0 Å². The van der Waals surface area contributed by atoms with Gasteiger partial charge in [-0.2, -0.15) is 0 Å². The molecule has 1 amide bonds. The molecule has 5 N–H and O–H groups in total. The molecule has 0 heterocycles. The Morgan fingerprint density at radius 1 is 0.585 bits per heavy atom. The molecular formula is C35H67NO5. The molecule has 0 saturated carbocycles. The van der Waals surface area contributed by atoms with E-state index < -0.39 is 36.9 Å². The fourth-order valence-electron chi connectivity index (χ4n) is 5.04. The summed E-state index contributed by atoms with van der Waals surface area (Å²) in [4.78, 5) is 12.4.